The maximum absolute atomic E-state index is 5.61. The van der Waals surface area contributed by atoms with E-state index >= 15 is 0 Å². The van der Waals surface area contributed by atoms with Crippen LogP contribution in [-0.4, -0.2) is 33.9 Å². The van der Waals surface area contributed by atoms with E-state index in [0.717, 1.165) is 32.6 Å². The second-order valence-electron chi connectivity index (χ2n) is 5.11. The van der Waals surface area contributed by atoms with Crippen molar-refractivity contribution in [3.8, 4) is 0 Å². The van der Waals surface area contributed by atoms with Crippen molar-refractivity contribution in [3.63, 3.8) is 0 Å². The van der Waals surface area contributed by atoms with Gasteiger partial charge in [-0.15, -0.1) is 0 Å². The first-order chi connectivity index (χ1) is 8.18. The first-order valence-corrected chi connectivity index (χ1v) is 6.24. The number of nitrogens with zero attached hydrogens (tertiary/aromatic N) is 1. The third-order valence-electron chi connectivity index (χ3n) is 3.61. The zero-order valence-corrected chi connectivity index (χ0v) is 10.8. The van der Waals surface area contributed by atoms with E-state index in [2.05, 4.69) is 43.3 Å². The molecule has 0 saturated carbocycles. The molecular weight excluding hydrogens is 212 g/mol. The van der Waals surface area contributed by atoms with Crippen molar-refractivity contribution in [1.29, 1.82) is 0 Å². The van der Waals surface area contributed by atoms with Gasteiger partial charge >= 0.3 is 0 Å². The molecule has 0 aliphatic carbocycles. The molecule has 0 spiro atoms. The van der Waals surface area contributed by atoms with Crippen LogP contribution in [-0.2, 0) is 10.2 Å². The Morgan fingerprint density at radius 3 is 2.29 bits per heavy atom. The maximum Gasteiger partial charge on any atom is 0.0585 e. The lowest BCUT2D eigenvalue weighted by Crippen LogP contribution is -2.47. The van der Waals surface area contributed by atoms with E-state index in [1.807, 2.05) is 0 Å². The number of ether oxygens (including phenoxy) is 1. The average Bonchev–Trinajstić information content (AvgIpc) is 2.28. The summed E-state index contributed by atoms with van der Waals surface area (Å²) in [6.07, 6.45) is 2.20. The number of hydrogen-bond donors (Lipinski definition) is 1. The number of anilines is 1. The van der Waals surface area contributed by atoms with Gasteiger partial charge in [0.15, 0.2) is 0 Å². The van der Waals surface area contributed by atoms with Crippen molar-refractivity contribution >= 4 is 5.69 Å². The molecule has 0 bridgehead atoms. The molecule has 1 aliphatic heterocycles. The Hall–Kier alpha value is -1.06. The molecule has 1 aliphatic rings. The van der Waals surface area contributed by atoms with Crippen LogP contribution in [0.3, 0.4) is 0 Å². The molecule has 17 heavy (non-hydrogen) atoms. The summed E-state index contributed by atoms with van der Waals surface area (Å²) < 4.78 is 5.42. The Balaban J connectivity index is 2.14. The minimum atomic E-state index is 0.226. The average molecular weight is 234 g/mol. The summed E-state index contributed by atoms with van der Waals surface area (Å²) in [5.41, 5.74) is 8.47. The second kappa shape index (κ2) is 5.07. The molecular formula is C14H22N2O. The zero-order chi connectivity index (χ0) is 12.3. The lowest BCUT2D eigenvalue weighted by atomic mass is 9.75. The zero-order valence-electron chi connectivity index (χ0n) is 10.8. The summed E-state index contributed by atoms with van der Waals surface area (Å²) in [5.74, 6) is 0. The summed E-state index contributed by atoms with van der Waals surface area (Å²) in [5, 5.41) is 0. The second-order valence-corrected chi connectivity index (χ2v) is 5.11. The Morgan fingerprint density at radius 1 is 1.24 bits per heavy atom. The summed E-state index contributed by atoms with van der Waals surface area (Å²) in [7, 11) is 4.12. The van der Waals surface area contributed by atoms with Crippen LogP contribution in [0.4, 0.5) is 5.69 Å². The van der Waals surface area contributed by atoms with Gasteiger partial charge in [0.1, 0.15) is 0 Å². The van der Waals surface area contributed by atoms with Gasteiger partial charge in [0, 0.05) is 25.2 Å². The van der Waals surface area contributed by atoms with Crippen molar-refractivity contribution in [2.24, 2.45) is 5.73 Å². The Kier molecular flexibility index (Phi) is 3.69. The van der Waals surface area contributed by atoms with E-state index in [-0.39, 0.29) is 5.41 Å². The highest BCUT2D eigenvalue weighted by Gasteiger charge is 2.39. The first-order valence-electron chi connectivity index (χ1n) is 6.24. The summed E-state index contributed by atoms with van der Waals surface area (Å²) in [6, 6.07) is 8.82. The van der Waals surface area contributed by atoms with E-state index in [9.17, 15) is 0 Å². The molecule has 3 nitrogen and oxygen atoms in total. The van der Waals surface area contributed by atoms with E-state index in [4.69, 9.17) is 10.5 Å². The highest BCUT2D eigenvalue weighted by atomic mass is 16.5. The van der Waals surface area contributed by atoms with Gasteiger partial charge < -0.3 is 15.4 Å². The molecule has 0 aromatic heterocycles. The molecule has 1 heterocycles. The molecule has 3 heteroatoms. The van der Waals surface area contributed by atoms with Gasteiger partial charge in [-0.25, -0.2) is 0 Å². The fourth-order valence-corrected chi connectivity index (χ4v) is 2.36. The van der Waals surface area contributed by atoms with Crippen LogP contribution in [0.5, 0.6) is 0 Å². The number of hydrogen-bond acceptors (Lipinski definition) is 3. The monoisotopic (exact) mass is 234 g/mol. The van der Waals surface area contributed by atoms with Gasteiger partial charge in [-0.2, -0.15) is 0 Å². The third kappa shape index (κ3) is 2.45. The maximum atomic E-state index is 5.61. The van der Waals surface area contributed by atoms with Crippen LogP contribution in [0.15, 0.2) is 24.3 Å². The van der Waals surface area contributed by atoms with Gasteiger partial charge in [0.2, 0.25) is 0 Å². The minimum absolute atomic E-state index is 0.226. The van der Waals surface area contributed by atoms with Crippen LogP contribution >= 0.6 is 0 Å². The normalized spacial score (nSPS) is 17.6. The van der Waals surface area contributed by atoms with E-state index in [1.54, 1.807) is 0 Å². The molecule has 94 valence electrons. The molecule has 2 N–H and O–H groups in total. The topological polar surface area (TPSA) is 38.5 Å². The summed E-state index contributed by atoms with van der Waals surface area (Å²) in [6.45, 7) is 2.44. The largest absolute Gasteiger partial charge is 0.379 e. The lowest BCUT2D eigenvalue weighted by molar-refractivity contribution is -0.0649. The van der Waals surface area contributed by atoms with E-state index in [0.29, 0.717) is 0 Å². The highest BCUT2D eigenvalue weighted by molar-refractivity contribution is 5.47. The molecule has 0 unspecified atom stereocenters. The molecule has 0 atom stereocenters. The quantitative estimate of drug-likeness (QED) is 0.843. The van der Waals surface area contributed by atoms with Crippen molar-refractivity contribution in [2.45, 2.75) is 18.3 Å². The lowest BCUT2D eigenvalue weighted by Gasteiger charge is -2.42. The molecule has 2 rings (SSSR count). The van der Waals surface area contributed by atoms with Gasteiger partial charge in [-0.05, 0) is 37.1 Å². The fourth-order valence-electron chi connectivity index (χ4n) is 2.36. The van der Waals surface area contributed by atoms with Crippen LogP contribution in [0.2, 0.25) is 0 Å². The van der Waals surface area contributed by atoms with E-state index < -0.39 is 0 Å². The van der Waals surface area contributed by atoms with Crippen LogP contribution in [0.1, 0.15) is 18.4 Å². The van der Waals surface area contributed by atoms with Gasteiger partial charge in [-0.3, -0.25) is 0 Å². The molecule has 1 saturated heterocycles. The Labute approximate surface area is 104 Å². The Bertz CT molecular complexity index is 355. The van der Waals surface area contributed by atoms with Crippen molar-refractivity contribution in [1.82, 2.24) is 0 Å². The predicted molar refractivity (Wildman–Crippen MR) is 71.6 cm³/mol. The molecule has 1 fully saturated rings. The van der Waals surface area contributed by atoms with Gasteiger partial charge in [0.05, 0.1) is 13.2 Å². The molecule has 1 aromatic carbocycles. The SMILES string of the molecule is CN(C)c1ccc(C2(CCCN)COC2)cc1. The summed E-state index contributed by atoms with van der Waals surface area (Å²) >= 11 is 0. The van der Waals surface area contributed by atoms with Crippen molar-refractivity contribution in [2.75, 3.05) is 38.8 Å². The Morgan fingerprint density at radius 2 is 1.88 bits per heavy atom. The van der Waals surface area contributed by atoms with E-state index in [1.165, 1.54) is 11.3 Å². The van der Waals surface area contributed by atoms with Gasteiger partial charge in [-0.1, -0.05) is 12.1 Å². The van der Waals surface area contributed by atoms with Crippen LogP contribution in [0.25, 0.3) is 0 Å². The smallest absolute Gasteiger partial charge is 0.0585 e. The third-order valence-corrected chi connectivity index (χ3v) is 3.61. The molecule has 1 aromatic rings. The number of rotatable bonds is 5. The summed E-state index contributed by atoms with van der Waals surface area (Å²) in [4.78, 5) is 2.12. The molecule has 0 amide bonds. The van der Waals surface area contributed by atoms with Crippen molar-refractivity contribution in [3.05, 3.63) is 29.8 Å². The van der Waals surface area contributed by atoms with Crippen LogP contribution < -0.4 is 10.6 Å². The van der Waals surface area contributed by atoms with Crippen molar-refractivity contribution < 1.29 is 4.74 Å². The standard InChI is InChI=1S/C14H22N2O/c1-16(2)13-6-4-12(5-7-13)14(8-3-9-15)10-17-11-14/h4-7H,3,8-11,15H2,1-2H3. The van der Waals surface area contributed by atoms with Gasteiger partial charge in [0.25, 0.3) is 0 Å². The minimum Gasteiger partial charge on any atom is -0.379 e. The van der Waals surface area contributed by atoms with Crippen LogP contribution in [0, 0.1) is 0 Å². The fraction of sp³-hybridized carbons (Fsp3) is 0.571. The predicted octanol–water partition coefficient (Wildman–Crippen LogP) is 1.76. The number of nitrogens with two attached hydrogens (primary N) is 1. The first kappa shape index (κ1) is 12.4. The number of benzene rings is 1. The highest BCUT2D eigenvalue weighted by Crippen LogP contribution is 2.37. The molecule has 0 radical (unpaired) electrons.